The first-order chi connectivity index (χ1) is 7.81. The fraction of sp³-hybridized carbons (Fsp3) is 0.923. The van der Waals surface area contributed by atoms with Gasteiger partial charge in [-0.15, -0.1) is 0 Å². The molecule has 4 heteroatoms. The largest absolute Gasteiger partial charge is 0.389 e. The van der Waals surface area contributed by atoms with E-state index in [0.29, 0.717) is 6.54 Å². The lowest BCUT2D eigenvalue weighted by atomic mass is 9.93. The molecule has 1 amide bonds. The SMILES string of the molecule is CN(CC(C)(C)O)C(=O)C1CCCCCC1N. The van der Waals surface area contributed by atoms with Gasteiger partial charge in [-0.25, -0.2) is 0 Å². The lowest BCUT2D eigenvalue weighted by molar-refractivity contribution is -0.137. The fourth-order valence-electron chi connectivity index (χ4n) is 2.58. The van der Waals surface area contributed by atoms with E-state index in [1.165, 1.54) is 6.42 Å². The molecule has 0 heterocycles. The Morgan fingerprint density at radius 2 is 1.94 bits per heavy atom. The van der Waals surface area contributed by atoms with Gasteiger partial charge in [0.25, 0.3) is 0 Å². The van der Waals surface area contributed by atoms with Crippen molar-refractivity contribution < 1.29 is 9.90 Å². The van der Waals surface area contributed by atoms with Gasteiger partial charge in [0.15, 0.2) is 0 Å². The Labute approximate surface area is 104 Å². The van der Waals surface area contributed by atoms with E-state index in [1.807, 2.05) is 0 Å². The normalized spacial score (nSPS) is 26.4. The van der Waals surface area contributed by atoms with Crippen LogP contribution < -0.4 is 5.73 Å². The van der Waals surface area contributed by atoms with Gasteiger partial charge in [-0.3, -0.25) is 4.79 Å². The minimum absolute atomic E-state index is 0.0192. The van der Waals surface area contributed by atoms with Crippen LogP contribution in [0.4, 0.5) is 0 Å². The third-order valence-corrected chi connectivity index (χ3v) is 3.39. The summed E-state index contributed by atoms with van der Waals surface area (Å²) in [5, 5.41) is 9.73. The smallest absolute Gasteiger partial charge is 0.227 e. The summed E-state index contributed by atoms with van der Waals surface area (Å²) in [5.74, 6) is 0.0198. The average Bonchev–Trinajstić information content (AvgIpc) is 2.39. The van der Waals surface area contributed by atoms with Gasteiger partial charge in [-0.05, 0) is 26.7 Å². The zero-order valence-corrected chi connectivity index (χ0v) is 11.3. The molecule has 17 heavy (non-hydrogen) atoms. The molecule has 0 saturated heterocycles. The molecular weight excluding hydrogens is 216 g/mol. The van der Waals surface area contributed by atoms with Crippen molar-refractivity contribution in [3.8, 4) is 0 Å². The number of rotatable bonds is 3. The second kappa shape index (κ2) is 5.83. The van der Waals surface area contributed by atoms with Crippen molar-refractivity contribution in [2.24, 2.45) is 11.7 Å². The lowest BCUT2D eigenvalue weighted by Crippen LogP contribution is -2.46. The summed E-state index contributed by atoms with van der Waals surface area (Å²) in [7, 11) is 1.75. The number of hydrogen-bond acceptors (Lipinski definition) is 3. The van der Waals surface area contributed by atoms with Crippen molar-refractivity contribution in [3.63, 3.8) is 0 Å². The van der Waals surface area contributed by atoms with Gasteiger partial charge < -0.3 is 15.7 Å². The minimum Gasteiger partial charge on any atom is -0.389 e. The van der Waals surface area contributed by atoms with Crippen molar-refractivity contribution in [1.29, 1.82) is 0 Å². The third-order valence-electron chi connectivity index (χ3n) is 3.39. The Hall–Kier alpha value is -0.610. The highest BCUT2D eigenvalue weighted by atomic mass is 16.3. The summed E-state index contributed by atoms with van der Waals surface area (Å²) < 4.78 is 0. The number of amides is 1. The molecule has 1 saturated carbocycles. The number of carbonyl (C=O) groups excluding carboxylic acids is 1. The average molecular weight is 242 g/mol. The van der Waals surface area contributed by atoms with Crippen LogP contribution in [0.15, 0.2) is 0 Å². The highest BCUT2D eigenvalue weighted by Crippen LogP contribution is 2.24. The molecule has 0 radical (unpaired) electrons. The topological polar surface area (TPSA) is 66.6 Å². The standard InChI is InChI=1S/C13H26N2O2/c1-13(2,17)9-15(3)12(16)10-7-5-4-6-8-11(10)14/h10-11,17H,4-9,14H2,1-3H3. The van der Waals surface area contributed by atoms with E-state index in [1.54, 1.807) is 25.8 Å². The number of likely N-dealkylation sites (N-methyl/N-ethyl adjacent to an activating group) is 1. The quantitative estimate of drug-likeness (QED) is 0.729. The van der Waals surface area contributed by atoms with Crippen LogP contribution in [0.3, 0.4) is 0 Å². The Morgan fingerprint density at radius 3 is 2.53 bits per heavy atom. The maximum absolute atomic E-state index is 12.3. The second-order valence-corrected chi connectivity index (χ2v) is 5.92. The highest BCUT2D eigenvalue weighted by Gasteiger charge is 2.30. The van der Waals surface area contributed by atoms with Gasteiger partial charge in [0.1, 0.15) is 0 Å². The summed E-state index contributed by atoms with van der Waals surface area (Å²) in [4.78, 5) is 13.9. The molecule has 0 spiro atoms. The maximum Gasteiger partial charge on any atom is 0.227 e. The molecular formula is C13H26N2O2. The Bertz CT molecular complexity index is 261. The van der Waals surface area contributed by atoms with Crippen LogP contribution in [0.2, 0.25) is 0 Å². The van der Waals surface area contributed by atoms with Crippen molar-refractivity contribution in [2.75, 3.05) is 13.6 Å². The Kier molecular flexibility index (Phi) is 4.95. The monoisotopic (exact) mass is 242 g/mol. The van der Waals surface area contributed by atoms with Gasteiger partial charge in [0, 0.05) is 19.6 Å². The molecule has 4 nitrogen and oxygen atoms in total. The summed E-state index contributed by atoms with van der Waals surface area (Å²) >= 11 is 0. The van der Waals surface area contributed by atoms with Crippen LogP contribution in [0.25, 0.3) is 0 Å². The number of hydrogen-bond donors (Lipinski definition) is 2. The summed E-state index contributed by atoms with van der Waals surface area (Å²) in [6.45, 7) is 3.78. The zero-order valence-electron chi connectivity index (χ0n) is 11.3. The molecule has 0 aromatic rings. The highest BCUT2D eigenvalue weighted by molar-refractivity contribution is 5.79. The predicted molar refractivity (Wildman–Crippen MR) is 68.5 cm³/mol. The molecule has 1 rings (SSSR count). The Balaban J connectivity index is 2.60. The van der Waals surface area contributed by atoms with Crippen LogP contribution in [0, 0.1) is 5.92 Å². The van der Waals surface area contributed by atoms with Gasteiger partial charge in [0.2, 0.25) is 5.91 Å². The maximum atomic E-state index is 12.3. The minimum atomic E-state index is -0.848. The van der Waals surface area contributed by atoms with Crippen LogP contribution in [-0.4, -0.2) is 41.1 Å². The molecule has 1 fully saturated rings. The van der Waals surface area contributed by atoms with Gasteiger partial charge >= 0.3 is 0 Å². The zero-order chi connectivity index (χ0) is 13.1. The van der Waals surface area contributed by atoms with Crippen molar-refractivity contribution >= 4 is 5.91 Å². The lowest BCUT2D eigenvalue weighted by Gasteiger charge is -2.30. The van der Waals surface area contributed by atoms with Crippen molar-refractivity contribution in [2.45, 2.75) is 57.6 Å². The number of nitrogens with zero attached hydrogens (tertiary/aromatic N) is 1. The second-order valence-electron chi connectivity index (χ2n) is 5.92. The first-order valence-electron chi connectivity index (χ1n) is 6.54. The number of aliphatic hydroxyl groups is 1. The number of carbonyl (C=O) groups is 1. The summed E-state index contributed by atoms with van der Waals surface area (Å²) in [6, 6.07) is -0.0192. The third kappa shape index (κ3) is 4.64. The van der Waals surface area contributed by atoms with Gasteiger partial charge in [-0.2, -0.15) is 0 Å². The van der Waals surface area contributed by atoms with Gasteiger partial charge in [0.05, 0.1) is 11.5 Å². The van der Waals surface area contributed by atoms with Crippen molar-refractivity contribution in [3.05, 3.63) is 0 Å². The molecule has 0 aromatic heterocycles. The first kappa shape index (κ1) is 14.5. The molecule has 2 unspecified atom stereocenters. The van der Waals surface area contributed by atoms with Crippen LogP contribution in [0.1, 0.15) is 46.0 Å². The molecule has 0 aromatic carbocycles. The molecule has 1 aliphatic carbocycles. The van der Waals surface area contributed by atoms with Gasteiger partial charge in [-0.1, -0.05) is 19.3 Å². The van der Waals surface area contributed by atoms with E-state index in [2.05, 4.69) is 0 Å². The van der Waals surface area contributed by atoms with E-state index < -0.39 is 5.60 Å². The van der Waals surface area contributed by atoms with Crippen LogP contribution >= 0.6 is 0 Å². The molecule has 0 aliphatic heterocycles. The van der Waals surface area contributed by atoms with E-state index in [0.717, 1.165) is 25.7 Å². The van der Waals surface area contributed by atoms with Crippen LogP contribution in [-0.2, 0) is 4.79 Å². The summed E-state index contributed by atoms with van der Waals surface area (Å²) in [6.07, 6.45) is 5.20. The molecule has 1 aliphatic rings. The molecule has 100 valence electrons. The van der Waals surface area contributed by atoms with Crippen molar-refractivity contribution in [1.82, 2.24) is 4.90 Å². The van der Waals surface area contributed by atoms with E-state index in [9.17, 15) is 9.90 Å². The van der Waals surface area contributed by atoms with Crippen LogP contribution in [0.5, 0.6) is 0 Å². The fourth-order valence-corrected chi connectivity index (χ4v) is 2.58. The first-order valence-corrected chi connectivity index (χ1v) is 6.54. The van der Waals surface area contributed by atoms with E-state index >= 15 is 0 Å². The summed E-state index contributed by atoms with van der Waals surface area (Å²) in [5.41, 5.74) is 5.22. The van der Waals surface area contributed by atoms with E-state index in [4.69, 9.17) is 5.73 Å². The molecule has 3 N–H and O–H groups in total. The Morgan fingerprint density at radius 1 is 1.35 bits per heavy atom. The predicted octanol–water partition coefficient (Wildman–Crippen LogP) is 1.12. The molecule has 2 atom stereocenters. The van der Waals surface area contributed by atoms with E-state index in [-0.39, 0.29) is 17.9 Å². The molecule has 0 bridgehead atoms. The number of nitrogens with two attached hydrogens (primary N) is 1.